The molecule has 0 aliphatic carbocycles. The fourth-order valence-electron chi connectivity index (χ4n) is 2.31. The van der Waals surface area contributed by atoms with Crippen LogP contribution in [0.25, 0.3) is 11.0 Å². The van der Waals surface area contributed by atoms with Gasteiger partial charge in [-0.3, -0.25) is 4.79 Å². The van der Waals surface area contributed by atoms with Gasteiger partial charge in [-0.15, -0.1) is 0 Å². The number of carbonyl (C=O) groups excluding carboxylic acids is 1. The van der Waals surface area contributed by atoms with Gasteiger partial charge in [-0.1, -0.05) is 38.1 Å². The molecule has 5 nitrogen and oxygen atoms in total. The fraction of sp³-hybridized carbons (Fsp3) is 0.500. The van der Waals surface area contributed by atoms with Crippen LogP contribution in [0, 0.1) is 5.41 Å². The second-order valence-corrected chi connectivity index (χ2v) is 6.30. The third-order valence-electron chi connectivity index (χ3n) is 3.58. The smallest absolute Gasteiger partial charge is 0.226 e. The molecule has 1 aromatic heterocycles. The SMILES string of the molecule is CC(C)(C)C(CCO)NC(=O)Cc1noc2ccccc12. The Kier molecular flexibility index (Phi) is 4.63. The highest BCUT2D eigenvalue weighted by molar-refractivity contribution is 5.86. The standard InChI is InChI=1S/C16H22N2O3/c1-16(2,3)14(8-9-19)17-15(20)10-12-11-6-4-5-7-13(11)21-18-12/h4-7,14,19H,8-10H2,1-3H3,(H,17,20). The summed E-state index contributed by atoms with van der Waals surface area (Å²) < 4.78 is 5.20. The molecule has 0 saturated heterocycles. The number of rotatable bonds is 5. The lowest BCUT2D eigenvalue weighted by molar-refractivity contribution is -0.122. The van der Waals surface area contributed by atoms with Crippen LogP contribution in [0.4, 0.5) is 0 Å². The third kappa shape index (κ3) is 3.82. The van der Waals surface area contributed by atoms with E-state index in [2.05, 4.69) is 10.5 Å². The van der Waals surface area contributed by atoms with Crippen LogP contribution in [0.1, 0.15) is 32.9 Å². The predicted octanol–water partition coefficient (Wildman–Crippen LogP) is 2.28. The fourth-order valence-corrected chi connectivity index (χ4v) is 2.31. The van der Waals surface area contributed by atoms with Crippen molar-refractivity contribution in [3.8, 4) is 0 Å². The second kappa shape index (κ2) is 6.26. The van der Waals surface area contributed by atoms with Crippen molar-refractivity contribution in [1.29, 1.82) is 0 Å². The van der Waals surface area contributed by atoms with Gasteiger partial charge in [0, 0.05) is 18.0 Å². The largest absolute Gasteiger partial charge is 0.396 e. The van der Waals surface area contributed by atoms with Crippen molar-refractivity contribution in [2.75, 3.05) is 6.61 Å². The topological polar surface area (TPSA) is 75.4 Å². The molecule has 0 fully saturated rings. The zero-order valence-electron chi connectivity index (χ0n) is 12.7. The second-order valence-electron chi connectivity index (χ2n) is 6.30. The molecule has 0 saturated carbocycles. The third-order valence-corrected chi connectivity index (χ3v) is 3.58. The minimum atomic E-state index is -0.109. The number of aliphatic hydroxyl groups is 1. The maximum absolute atomic E-state index is 12.2. The molecule has 1 atom stereocenters. The van der Waals surface area contributed by atoms with Gasteiger partial charge in [-0.2, -0.15) is 0 Å². The molecule has 0 radical (unpaired) electrons. The van der Waals surface area contributed by atoms with Gasteiger partial charge in [0.2, 0.25) is 5.91 Å². The zero-order chi connectivity index (χ0) is 15.5. The van der Waals surface area contributed by atoms with Crippen molar-refractivity contribution in [2.24, 2.45) is 5.41 Å². The number of para-hydroxylation sites is 1. The lowest BCUT2D eigenvalue weighted by atomic mass is 9.85. The first-order valence-electron chi connectivity index (χ1n) is 7.15. The molecule has 0 aliphatic heterocycles. The first-order valence-corrected chi connectivity index (χ1v) is 7.15. The van der Waals surface area contributed by atoms with Crippen LogP contribution in [0.3, 0.4) is 0 Å². The van der Waals surface area contributed by atoms with E-state index in [1.54, 1.807) is 0 Å². The monoisotopic (exact) mass is 290 g/mol. The van der Waals surface area contributed by atoms with Crippen LogP contribution in [0.2, 0.25) is 0 Å². The van der Waals surface area contributed by atoms with Crippen LogP contribution in [0.15, 0.2) is 28.8 Å². The van der Waals surface area contributed by atoms with E-state index in [9.17, 15) is 4.79 Å². The van der Waals surface area contributed by atoms with Crippen molar-refractivity contribution < 1.29 is 14.4 Å². The quantitative estimate of drug-likeness (QED) is 0.886. The molecule has 21 heavy (non-hydrogen) atoms. The van der Waals surface area contributed by atoms with Crippen LogP contribution in [-0.4, -0.2) is 28.8 Å². The summed E-state index contributed by atoms with van der Waals surface area (Å²) in [4.78, 5) is 12.2. The number of aromatic nitrogens is 1. The Hall–Kier alpha value is -1.88. The van der Waals surface area contributed by atoms with Gasteiger partial charge < -0.3 is 14.9 Å². The van der Waals surface area contributed by atoms with Gasteiger partial charge in [-0.25, -0.2) is 0 Å². The normalized spacial score (nSPS) is 13.3. The summed E-state index contributed by atoms with van der Waals surface area (Å²) in [5, 5.41) is 16.9. The molecule has 1 heterocycles. The van der Waals surface area contributed by atoms with Gasteiger partial charge in [0.05, 0.1) is 6.42 Å². The first kappa shape index (κ1) is 15.5. The Morgan fingerprint density at radius 2 is 2.10 bits per heavy atom. The number of benzene rings is 1. The van der Waals surface area contributed by atoms with Gasteiger partial charge in [0.25, 0.3) is 0 Å². The molecule has 5 heteroatoms. The van der Waals surface area contributed by atoms with Gasteiger partial charge >= 0.3 is 0 Å². The van der Waals surface area contributed by atoms with E-state index in [1.807, 2.05) is 45.0 Å². The van der Waals surface area contributed by atoms with Crippen molar-refractivity contribution >= 4 is 16.9 Å². The molecular weight excluding hydrogens is 268 g/mol. The molecule has 2 aromatic rings. The Morgan fingerprint density at radius 1 is 1.38 bits per heavy atom. The van der Waals surface area contributed by atoms with Crippen molar-refractivity contribution in [3.63, 3.8) is 0 Å². The minimum absolute atomic E-state index is 0.0507. The van der Waals surface area contributed by atoms with Gasteiger partial charge in [0.1, 0.15) is 5.69 Å². The summed E-state index contributed by atoms with van der Waals surface area (Å²) >= 11 is 0. The Bertz CT molecular complexity index is 613. The van der Waals surface area contributed by atoms with E-state index in [0.717, 1.165) is 5.39 Å². The lowest BCUT2D eigenvalue weighted by Gasteiger charge is -2.31. The molecule has 0 spiro atoms. The molecule has 0 aliphatic rings. The van der Waals surface area contributed by atoms with Crippen molar-refractivity contribution in [1.82, 2.24) is 10.5 Å². The first-order chi connectivity index (χ1) is 9.91. The Labute approximate surface area is 124 Å². The van der Waals surface area contributed by atoms with E-state index >= 15 is 0 Å². The molecule has 1 amide bonds. The number of hydrogen-bond donors (Lipinski definition) is 2. The number of nitrogens with one attached hydrogen (secondary N) is 1. The number of hydrogen-bond acceptors (Lipinski definition) is 4. The Balaban J connectivity index is 2.07. The maximum Gasteiger partial charge on any atom is 0.226 e. The van der Waals surface area contributed by atoms with E-state index < -0.39 is 0 Å². The van der Waals surface area contributed by atoms with Crippen LogP contribution in [0.5, 0.6) is 0 Å². The van der Waals surface area contributed by atoms with Crippen molar-refractivity contribution in [2.45, 2.75) is 39.7 Å². The van der Waals surface area contributed by atoms with Crippen LogP contribution in [-0.2, 0) is 11.2 Å². The Morgan fingerprint density at radius 3 is 2.76 bits per heavy atom. The highest BCUT2D eigenvalue weighted by atomic mass is 16.5. The van der Waals surface area contributed by atoms with E-state index in [4.69, 9.17) is 9.63 Å². The molecular formula is C16H22N2O3. The molecule has 2 rings (SSSR count). The van der Waals surface area contributed by atoms with Crippen LogP contribution >= 0.6 is 0 Å². The van der Waals surface area contributed by atoms with Gasteiger partial charge in [-0.05, 0) is 24.0 Å². The molecule has 2 N–H and O–H groups in total. The van der Waals surface area contributed by atoms with Crippen LogP contribution < -0.4 is 5.32 Å². The van der Waals surface area contributed by atoms with Gasteiger partial charge in [0.15, 0.2) is 5.58 Å². The average Bonchev–Trinajstić information content (AvgIpc) is 2.81. The predicted molar refractivity (Wildman–Crippen MR) is 80.8 cm³/mol. The summed E-state index contributed by atoms with van der Waals surface area (Å²) in [7, 11) is 0. The molecule has 1 aromatic carbocycles. The summed E-state index contributed by atoms with van der Waals surface area (Å²) in [6, 6.07) is 7.41. The number of nitrogens with zero attached hydrogens (tertiary/aromatic N) is 1. The number of amides is 1. The maximum atomic E-state index is 12.2. The molecule has 1 unspecified atom stereocenters. The van der Waals surface area contributed by atoms with E-state index in [-0.39, 0.29) is 30.4 Å². The molecule has 114 valence electrons. The number of fused-ring (bicyclic) bond motifs is 1. The minimum Gasteiger partial charge on any atom is -0.396 e. The van der Waals surface area contributed by atoms with E-state index in [0.29, 0.717) is 17.7 Å². The van der Waals surface area contributed by atoms with E-state index in [1.165, 1.54) is 0 Å². The number of carbonyl (C=O) groups is 1. The summed E-state index contributed by atoms with van der Waals surface area (Å²) in [5.74, 6) is -0.109. The lowest BCUT2D eigenvalue weighted by Crippen LogP contribution is -2.44. The highest BCUT2D eigenvalue weighted by Gasteiger charge is 2.26. The average molecular weight is 290 g/mol. The van der Waals surface area contributed by atoms with Crippen molar-refractivity contribution in [3.05, 3.63) is 30.0 Å². The zero-order valence-corrected chi connectivity index (χ0v) is 12.7. The summed E-state index contributed by atoms with van der Waals surface area (Å²) in [6.45, 7) is 6.17. The molecule has 0 bridgehead atoms. The number of aliphatic hydroxyl groups excluding tert-OH is 1. The summed E-state index contributed by atoms with van der Waals surface area (Å²) in [5.41, 5.74) is 1.22. The summed E-state index contributed by atoms with van der Waals surface area (Å²) in [6.07, 6.45) is 0.712. The highest BCUT2D eigenvalue weighted by Crippen LogP contribution is 2.22.